The molecule has 0 aliphatic rings. The summed E-state index contributed by atoms with van der Waals surface area (Å²) in [4.78, 5) is 13.0. The van der Waals surface area contributed by atoms with Crippen molar-refractivity contribution in [2.45, 2.75) is 32.6 Å². The van der Waals surface area contributed by atoms with E-state index in [0.29, 0.717) is 5.69 Å². The number of aryl methyl sites for hydroxylation is 3. The lowest BCUT2D eigenvalue weighted by Crippen LogP contribution is -2.40. The standard InChI is InChI=1S/C29H30N4O3S/c1-21-12-8-10-16-27(21)32(37(35,36)26-14-6-5-7-15-26)20-29(34)31-30-19-25-18-23(3)33(24(25)4)28-17-11-9-13-22(28)2/h5-19H,20H2,1-4H3,(H,31,34)/b30-19-. The van der Waals surface area contributed by atoms with Crippen molar-refractivity contribution in [3.05, 3.63) is 113 Å². The van der Waals surface area contributed by atoms with Crippen molar-refractivity contribution < 1.29 is 13.2 Å². The first-order valence-electron chi connectivity index (χ1n) is 11.9. The summed E-state index contributed by atoms with van der Waals surface area (Å²) >= 11 is 0. The first kappa shape index (κ1) is 25.9. The predicted molar refractivity (Wildman–Crippen MR) is 148 cm³/mol. The minimum absolute atomic E-state index is 0.109. The van der Waals surface area contributed by atoms with E-state index in [4.69, 9.17) is 0 Å². The molecular weight excluding hydrogens is 484 g/mol. The van der Waals surface area contributed by atoms with Crippen molar-refractivity contribution in [1.29, 1.82) is 0 Å². The summed E-state index contributed by atoms with van der Waals surface area (Å²) in [6.45, 7) is 7.47. The summed E-state index contributed by atoms with van der Waals surface area (Å²) in [7, 11) is -3.98. The Morgan fingerprint density at radius 2 is 1.51 bits per heavy atom. The molecule has 0 aliphatic carbocycles. The van der Waals surface area contributed by atoms with Crippen molar-refractivity contribution in [2.75, 3.05) is 10.8 Å². The first-order valence-corrected chi connectivity index (χ1v) is 13.3. The van der Waals surface area contributed by atoms with Crippen LogP contribution in [0.1, 0.15) is 28.1 Å². The number of hydrazone groups is 1. The number of rotatable bonds is 8. The number of sulfonamides is 1. The van der Waals surface area contributed by atoms with Crippen LogP contribution in [0.4, 0.5) is 5.69 Å². The zero-order valence-corrected chi connectivity index (χ0v) is 22.2. The molecule has 4 aromatic rings. The normalized spacial score (nSPS) is 11.6. The van der Waals surface area contributed by atoms with Gasteiger partial charge in [-0.2, -0.15) is 5.10 Å². The van der Waals surface area contributed by atoms with Gasteiger partial charge < -0.3 is 4.57 Å². The fourth-order valence-electron chi connectivity index (χ4n) is 4.31. The highest BCUT2D eigenvalue weighted by Crippen LogP contribution is 2.26. The minimum atomic E-state index is -3.98. The van der Waals surface area contributed by atoms with Crippen LogP contribution < -0.4 is 9.73 Å². The van der Waals surface area contributed by atoms with E-state index in [1.165, 1.54) is 12.1 Å². The summed E-state index contributed by atoms with van der Waals surface area (Å²) in [5.74, 6) is -0.549. The van der Waals surface area contributed by atoms with E-state index in [9.17, 15) is 13.2 Å². The van der Waals surface area contributed by atoms with Crippen molar-refractivity contribution in [2.24, 2.45) is 5.10 Å². The van der Waals surface area contributed by atoms with Gasteiger partial charge in [0.25, 0.3) is 15.9 Å². The summed E-state index contributed by atoms with van der Waals surface area (Å²) in [6, 6.07) is 25.3. The Morgan fingerprint density at radius 1 is 0.892 bits per heavy atom. The van der Waals surface area contributed by atoms with Crippen LogP contribution >= 0.6 is 0 Å². The highest BCUT2D eigenvalue weighted by molar-refractivity contribution is 7.92. The molecule has 37 heavy (non-hydrogen) atoms. The topological polar surface area (TPSA) is 83.8 Å². The average Bonchev–Trinajstić information content (AvgIpc) is 3.16. The van der Waals surface area contributed by atoms with E-state index < -0.39 is 22.5 Å². The van der Waals surface area contributed by atoms with Gasteiger partial charge in [0.2, 0.25) is 0 Å². The van der Waals surface area contributed by atoms with Gasteiger partial charge in [0.05, 0.1) is 16.8 Å². The van der Waals surface area contributed by atoms with Gasteiger partial charge in [-0.3, -0.25) is 9.10 Å². The molecule has 0 aliphatic heterocycles. The Bertz CT molecular complexity index is 1560. The molecule has 8 heteroatoms. The number of nitrogens with one attached hydrogen (secondary N) is 1. The second kappa shape index (κ2) is 10.8. The number of hydrogen-bond donors (Lipinski definition) is 1. The molecule has 1 heterocycles. The van der Waals surface area contributed by atoms with E-state index in [1.54, 1.807) is 36.5 Å². The largest absolute Gasteiger partial charge is 0.318 e. The third-order valence-corrected chi connectivity index (χ3v) is 8.00. The summed E-state index contributed by atoms with van der Waals surface area (Å²) in [5, 5.41) is 4.14. The smallest absolute Gasteiger partial charge is 0.264 e. The Labute approximate surface area is 218 Å². The molecular formula is C29H30N4O3S. The average molecular weight is 515 g/mol. The molecule has 3 aromatic carbocycles. The summed E-state index contributed by atoms with van der Waals surface area (Å²) in [6.07, 6.45) is 1.58. The van der Waals surface area contributed by atoms with Gasteiger partial charge in [0.1, 0.15) is 6.54 Å². The van der Waals surface area contributed by atoms with Crippen LogP contribution in [-0.4, -0.2) is 31.7 Å². The van der Waals surface area contributed by atoms with Crippen molar-refractivity contribution in [3.8, 4) is 5.69 Å². The molecule has 1 aromatic heterocycles. The van der Waals surface area contributed by atoms with Crippen LogP contribution in [0.25, 0.3) is 5.69 Å². The summed E-state index contributed by atoms with van der Waals surface area (Å²) < 4.78 is 30.2. The van der Waals surface area contributed by atoms with Gasteiger partial charge >= 0.3 is 0 Å². The fraction of sp³-hybridized carbons (Fsp3) is 0.172. The van der Waals surface area contributed by atoms with Crippen LogP contribution in [0.3, 0.4) is 0 Å². The Morgan fingerprint density at radius 3 is 2.19 bits per heavy atom. The lowest BCUT2D eigenvalue weighted by molar-refractivity contribution is -0.119. The molecule has 1 N–H and O–H groups in total. The predicted octanol–water partition coefficient (Wildman–Crippen LogP) is 5.06. The monoisotopic (exact) mass is 514 g/mol. The maximum Gasteiger partial charge on any atom is 0.264 e. The quantitative estimate of drug-likeness (QED) is 0.264. The van der Waals surface area contributed by atoms with Crippen LogP contribution in [0, 0.1) is 27.7 Å². The van der Waals surface area contributed by atoms with Crippen LogP contribution in [0.5, 0.6) is 0 Å². The second-order valence-corrected chi connectivity index (χ2v) is 10.7. The van der Waals surface area contributed by atoms with Crippen molar-refractivity contribution in [3.63, 3.8) is 0 Å². The highest BCUT2D eigenvalue weighted by atomic mass is 32.2. The van der Waals surface area contributed by atoms with Gasteiger partial charge in [0, 0.05) is 22.6 Å². The number of aromatic nitrogens is 1. The molecule has 0 bridgehead atoms. The van der Waals surface area contributed by atoms with E-state index in [2.05, 4.69) is 34.2 Å². The van der Waals surface area contributed by atoms with Gasteiger partial charge in [-0.05, 0) is 69.2 Å². The van der Waals surface area contributed by atoms with Gasteiger partial charge in [0.15, 0.2) is 0 Å². The maximum absolute atomic E-state index is 13.5. The first-order chi connectivity index (χ1) is 17.7. The Kier molecular flexibility index (Phi) is 7.59. The van der Waals surface area contributed by atoms with E-state index >= 15 is 0 Å². The number of carbonyl (C=O) groups is 1. The van der Waals surface area contributed by atoms with Crippen molar-refractivity contribution >= 4 is 27.8 Å². The SMILES string of the molecule is Cc1ccccc1N(CC(=O)N/N=C\c1cc(C)n(-c2ccccc2C)c1C)S(=O)(=O)c1ccccc1. The molecule has 1 amide bonds. The number of hydrogen-bond acceptors (Lipinski definition) is 4. The Hall–Kier alpha value is -4.17. The highest BCUT2D eigenvalue weighted by Gasteiger charge is 2.28. The fourth-order valence-corrected chi connectivity index (χ4v) is 5.81. The zero-order valence-electron chi connectivity index (χ0n) is 21.3. The molecule has 0 fully saturated rings. The van der Waals surface area contributed by atoms with Crippen LogP contribution in [-0.2, 0) is 14.8 Å². The molecule has 0 atom stereocenters. The number of benzene rings is 3. The Balaban J connectivity index is 1.56. The molecule has 4 rings (SSSR count). The third kappa shape index (κ3) is 5.49. The minimum Gasteiger partial charge on any atom is -0.318 e. The number of amides is 1. The number of anilines is 1. The number of carbonyl (C=O) groups excluding carboxylic acids is 1. The zero-order chi connectivity index (χ0) is 26.6. The summed E-state index contributed by atoms with van der Waals surface area (Å²) in [5.41, 5.74) is 8.79. The van der Waals surface area contributed by atoms with Gasteiger partial charge in [-0.25, -0.2) is 13.8 Å². The van der Waals surface area contributed by atoms with E-state index in [0.717, 1.165) is 38.1 Å². The van der Waals surface area contributed by atoms with Crippen LogP contribution in [0.15, 0.2) is 94.9 Å². The van der Waals surface area contributed by atoms with Crippen LogP contribution in [0.2, 0.25) is 0 Å². The molecule has 0 saturated carbocycles. The molecule has 7 nitrogen and oxygen atoms in total. The van der Waals surface area contributed by atoms with Gasteiger partial charge in [-0.1, -0.05) is 54.6 Å². The van der Waals surface area contributed by atoms with Gasteiger partial charge in [-0.15, -0.1) is 0 Å². The molecule has 0 spiro atoms. The lowest BCUT2D eigenvalue weighted by atomic mass is 10.2. The van der Waals surface area contributed by atoms with E-state index in [-0.39, 0.29) is 4.90 Å². The maximum atomic E-state index is 13.5. The number of para-hydroxylation sites is 2. The molecule has 0 unspecified atom stereocenters. The van der Waals surface area contributed by atoms with Crippen molar-refractivity contribution in [1.82, 2.24) is 9.99 Å². The molecule has 0 saturated heterocycles. The molecule has 0 radical (unpaired) electrons. The van der Waals surface area contributed by atoms with E-state index in [1.807, 2.05) is 51.1 Å². The lowest BCUT2D eigenvalue weighted by Gasteiger charge is -2.25. The molecule has 190 valence electrons. The second-order valence-electron chi connectivity index (χ2n) is 8.85. The third-order valence-electron chi connectivity index (χ3n) is 6.22. The number of nitrogens with zero attached hydrogens (tertiary/aromatic N) is 3.